The number of amides is 2. The van der Waals surface area contributed by atoms with Gasteiger partial charge in [-0.25, -0.2) is 8.42 Å². The van der Waals surface area contributed by atoms with E-state index in [1.807, 2.05) is 0 Å². The number of halogens is 1. The molecule has 0 fully saturated rings. The van der Waals surface area contributed by atoms with Gasteiger partial charge in [-0.1, -0.05) is 0 Å². The van der Waals surface area contributed by atoms with Crippen LogP contribution in [-0.4, -0.2) is 57.1 Å². The molecule has 0 aromatic heterocycles. The lowest BCUT2D eigenvalue weighted by Gasteiger charge is -2.24. The second kappa shape index (κ2) is 8.46. The Morgan fingerprint density at radius 2 is 1.67 bits per heavy atom. The molecular formula is C15H24ClN3O4S. The first-order valence-corrected chi connectivity index (χ1v) is 8.69. The number of nitrogens with zero attached hydrogens (tertiary/aromatic N) is 1. The molecule has 0 radical (unpaired) electrons. The number of carbonyl (C=O) groups excluding carboxylic acids is 2. The van der Waals surface area contributed by atoms with Gasteiger partial charge in [0.15, 0.2) is 9.84 Å². The van der Waals surface area contributed by atoms with Crippen LogP contribution < -0.4 is 11.1 Å². The maximum atomic E-state index is 12.1. The van der Waals surface area contributed by atoms with E-state index >= 15 is 0 Å². The van der Waals surface area contributed by atoms with Crippen LogP contribution in [-0.2, 0) is 14.6 Å². The summed E-state index contributed by atoms with van der Waals surface area (Å²) in [7, 11) is -0.749. The van der Waals surface area contributed by atoms with Crippen molar-refractivity contribution in [3.63, 3.8) is 0 Å². The van der Waals surface area contributed by atoms with E-state index in [-0.39, 0.29) is 29.8 Å². The number of benzene rings is 1. The zero-order chi connectivity index (χ0) is 17.8. The van der Waals surface area contributed by atoms with E-state index in [9.17, 15) is 18.0 Å². The van der Waals surface area contributed by atoms with Gasteiger partial charge in [0.05, 0.1) is 4.90 Å². The Labute approximate surface area is 148 Å². The molecule has 0 atom stereocenters. The molecule has 24 heavy (non-hydrogen) atoms. The Balaban J connectivity index is 0.00000529. The highest BCUT2D eigenvalue weighted by Crippen LogP contribution is 2.14. The molecule has 0 bridgehead atoms. The van der Waals surface area contributed by atoms with Crippen LogP contribution in [0.2, 0.25) is 0 Å². The van der Waals surface area contributed by atoms with Crippen molar-refractivity contribution >= 4 is 34.1 Å². The van der Waals surface area contributed by atoms with Crippen LogP contribution in [0.25, 0.3) is 0 Å². The van der Waals surface area contributed by atoms with E-state index in [0.29, 0.717) is 5.56 Å². The summed E-state index contributed by atoms with van der Waals surface area (Å²) in [5, 5.41) is 2.75. The lowest BCUT2D eigenvalue weighted by Crippen LogP contribution is -2.48. The Morgan fingerprint density at radius 1 is 1.17 bits per heavy atom. The largest absolute Gasteiger partial charge is 0.348 e. The van der Waals surface area contributed by atoms with Crippen molar-refractivity contribution in [3.8, 4) is 0 Å². The fraction of sp³-hybridized carbons (Fsp3) is 0.467. The Bertz CT molecular complexity index is 685. The molecule has 0 saturated carbocycles. The number of nitrogens with one attached hydrogen (secondary N) is 1. The standard InChI is InChI=1S/C15H23N3O4S.ClH/c1-15(2,10-16)17-14(20)11-5-7-12(8-6-11)23(21,22)9-13(19)18(3)4;/h5-8H,9-10,16H2,1-4H3,(H,17,20);1H. The van der Waals surface area contributed by atoms with Gasteiger partial charge in [0, 0.05) is 31.7 Å². The molecule has 1 aromatic rings. The average molecular weight is 378 g/mol. The monoisotopic (exact) mass is 377 g/mol. The lowest BCUT2D eigenvalue weighted by atomic mass is 10.1. The maximum Gasteiger partial charge on any atom is 0.251 e. The van der Waals surface area contributed by atoms with Gasteiger partial charge in [-0.15, -0.1) is 12.4 Å². The quantitative estimate of drug-likeness (QED) is 0.747. The van der Waals surface area contributed by atoms with Gasteiger partial charge in [0.2, 0.25) is 5.91 Å². The summed E-state index contributed by atoms with van der Waals surface area (Å²) < 4.78 is 24.3. The SMILES string of the molecule is CN(C)C(=O)CS(=O)(=O)c1ccc(C(=O)NC(C)(C)CN)cc1.Cl. The Hall–Kier alpha value is -1.64. The molecule has 1 rings (SSSR count). The molecule has 0 spiro atoms. The second-order valence-corrected chi connectivity index (χ2v) is 8.10. The van der Waals surface area contributed by atoms with Gasteiger partial charge in [-0.2, -0.15) is 0 Å². The van der Waals surface area contributed by atoms with Crippen LogP contribution in [0.1, 0.15) is 24.2 Å². The van der Waals surface area contributed by atoms with Crippen LogP contribution in [0, 0.1) is 0 Å². The van der Waals surface area contributed by atoms with Crippen molar-refractivity contribution in [2.75, 3.05) is 26.4 Å². The van der Waals surface area contributed by atoms with Crippen LogP contribution in [0.5, 0.6) is 0 Å². The van der Waals surface area contributed by atoms with Gasteiger partial charge in [-0.05, 0) is 38.1 Å². The molecule has 0 saturated heterocycles. The molecule has 136 valence electrons. The van der Waals surface area contributed by atoms with Crippen molar-refractivity contribution in [1.82, 2.24) is 10.2 Å². The minimum atomic E-state index is -3.73. The molecule has 0 heterocycles. The summed E-state index contributed by atoms with van der Waals surface area (Å²) in [4.78, 5) is 24.9. The van der Waals surface area contributed by atoms with Gasteiger partial charge >= 0.3 is 0 Å². The third-order valence-electron chi connectivity index (χ3n) is 3.25. The second-order valence-electron chi connectivity index (χ2n) is 6.11. The van der Waals surface area contributed by atoms with Gasteiger partial charge in [0.25, 0.3) is 5.91 Å². The topological polar surface area (TPSA) is 110 Å². The fourth-order valence-electron chi connectivity index (χ4n) is 1.62. The average Bonchev–Trinajstić information content (AvgIpc) is 2.46. The number of rotatable bonds is 6. The summed E-state index contributed by atoms with van der Waals surface area (Å²) in [5.74, 6) is -1.45. The molecule has 0 aliphatic heterocycles. The highest BCUT2D eigenvalue weighted by atomic mass is 35.5. The minimum absolute atomic E-state index is 0. The minimum Gasteiger partial charge on any atom is -0.348 e. The summed E-state index contributed by atoms with van der Waals surface area (Å²) in [5.41, 5.74) is 5.32. The highest BCUT2D eigenvalue weighted by molar-refractivity contribution is 7.92. The Kier molecular flexibility index (Phi) is 7.88. The Morgan fingerprint density at radius 3 is 2.08 bits per heavy atom. The van der Waals surface area contributed by atoms with Crippen LogP contribution in [0.4, 0.5) is 0 Å². The maximum absolute atomic E-state index is 12.1. The fourth-order valence-corrected chi connectivity index (χ4v) is 2.92. The number of sulfone groups is 1. The number of hydrogen-bond acceptors (Lipinski definition) is 5. The van der Waals surface area contributed by atoms with E-state index in [1.54, 1.807) is 13.8 Å². The summed E-state index contributed by atoms with van der Waals surface area (Å²) in [6.07, 6.45) is 0. The normalized spacial score (nSPS) is 11.4. The van der Waals surface area contributed by atoms with Crippen molar-refractivity contribution in [2.24, 2.45) is 5.73 Å². The molecule has 2 amide bonds. The molecule has 3 N–H and O–H groups in total. The first-order valence-electron chi connectivity index (χ1n) is 7.04. The smallest absolute Gasteiger partial charge is 0.251 e. The number of hydrogen-bond donors (Lipinski definition) is 2. The summed E-state index contributed by atoms with van der Waals surface area (Å²) in [6.45, 7) is 3.85. The zero-order valence-corrected chi connectivity index (χ0v) is 15.8. The van der Waals surface area contributed by atoms with Crippen LogP contribution in [0.3, 0.4) is 0 Å². The van der Waals surface area contributed by atoms with Crippen molar-refractivity contribution in [2.45, 2.75) is 24.3 Å². The van der Waals surface area contributed by atoms with Crippen molar-refractivity contribution in [3.05, 3.63) is 29.8 Å². The van der Waals surface area contributed by atoms with Gasteiger partial charge in [0.1, 0.15) is 5.75 Å². The molecule has 7 nitrogen and oxygen atoms in total. The molecule has 9 heteroatoms. The number of nitrogens with two attached hydrogens (primary N) is 1. The summed E-state index contributed by atoms with van der Waals surface area (Å²) >= 11 is 0. The third kappa shape index (κ3) is 6.10. The molecular weight excluding hydrogens is 354 g/mol. The third-order valence-corrected chi connectivity index (χ3v) is 4.87. The zero-order valence-electron chi connectivity index (χ0n) is 14.2. The van der Waals surface area contributed by atoms with E-state index < -0.39 is 27.0 Å². The lowest BCUT2D eigenvalue weighted by molar-refractivity contribution is -0.125. The molecule has 0 aliphatic rings. The predicted octanol–water partition coefficient (Wildman–Crippen LogP) is 0.437. The van der Waals surface area contributed by atoms with E-state index in [1.165, 1.54) is 43.3 Å². The molecule has 1 aromatic carbocycles. The van der Waals surface area contributed by atoms with E-state index in [4.69, 9.17) is 5.73 Å². The van der Waals surface area contributed by atoms with Crippen molar-refractivity contribution in [1.29, 1.82) is 0 Å². The predicted molar refractivity (Wildman–Crippen MR) is 95.0 cm³/mol. The first kappa shape index (κ1) is 22.4. The number of carbonyl (C=O) groups is 2. The van der Waals surface area contributed by atoms with Crippen molar-refractivity contribution < 1.29 is 18.0 Å². The molecule has 0 aliphatic carbocycles. The van der Waals surface area contributed by atoms with Crippen LogP contribution >= 0.6 is 12.4 Å². The molecule has 0 unspecified atom stereocenters. The van der Waals surface area contributed by atoms with Gasteiger partial charge < -0.3 is 16.0 Å². The highest BCUT2D eigenvalue weighted by Gasteiger charge is 2.22. The van der Waals surface area contributed by atoms with Gasteiger partial charge in [-0.3, -0.25) is 9.59 Å². The van der Waals surface area contributed by atoms with E-state index in [0.717, 1.165) is 0 Å². The van der Waals surface area contributed by atoms with Crippen LogP contribution in [0.15, 0.2) is 29.2 Å². The first-order chi connectivity index (χ1) is 10.5. The summed E-state index contributed by atoms with van der Waals surface area (Å²) in [6, 6.07) is 5.47. The van der Waals surface area contributed by atoms with E-state index in [2.05, 4.69) is 5.32 Å².